The number of carbonyl (C=O) groups is 1. The molecule has 0 radical (unpaired) electrons. The summed E-state index contributed by atoms with van der Waals surface area (Å²) < 4.78 is 25.1. The molecule has 2 aliphatic heterocycles. The van der Waals surface area contributed by atoms with Crippen LogP contribution in [0, 0.1) is 0 Å². The van der Waals surface area contributed by atoms with Crippen molar-refractivity contribution in [3.63, 3.8) is 0 Å². The van der Waals surface area contributed by atoms with E-state index in [1.807, 2.05) is 0 Å². The van der Waals surface area contributed by atoms with Crippen LogP contribution >= 0.6 is 0 Å². The van der Waals surface area contributed by atoms with Crippen molar-refractivity contribution < 1.29 is 18.3 Å². The van der Waals surface area contributed by atoms with Crippen molar-refractivity contribution >= 4 is 15.8 Å². The molecule has 0 aromatic carbocycles. The highest BCUT2D eigenvalue weighted by molar-refractivity contribution is 7.92. The molecule has 2 atom stereocenters. The van der Waals surface area contributed by atoms with Gasteiger partial charge >= 0.3 is 5.97 Å². The van der Waals surface area contributed by atoms with Gasteiger partial charge in [0, 0.05) is 12.8 Å². The van der Waals surface area contributed by atoms with E-state index in [0.29, 0.717) is 43.8 Å². The van der Waals surface area contributed by atoms with Gasteiger partial charge in [0.1, 0.15) is 5.82 Å². The molecule has 0 spiro atoms. The van der Waals surface area contributed by atoms with E-state index >= 15 is 0 Å². The second-order valence-corrected chi connectivity index (χ2v) is 7.87. The molecule has 1 aromatic rings. The first kappa shape index (κ1) is 13.5. The number of sulfone groups is 1. The number of fused-ring (bicyclic) bond motifs is 1. The number of carboxylic acids is 1. The largest absolute Gasteiger partial charge is 0.480 e. The molecule has 2 aliphatic rings. The molecule has 0 saturated carbocycles. The molecule has 1 saturated heterocycles. The van der Waals surface area contributed by atoms with Crippen LogP contribution in [0.4, 0.5) is 0 Å². The van der Waals surface area contributed by atoms with E-state index in [1.54, 1.807) is 0 Å². The van der Waals surface area contributed by atoms with Crippen molar-refractivity contribution in [1.29, 1.82) is 0 Å². The predicted molar refractivity (Wildman–Crippen MR) is 70.1 cm³/mol. The monoisotopic (exact) mass is 299 g/mol. The Balaban J connectivity index is 1.84. The van der Waals surface area contributed by atoms with E-state index in [4.69, 9.17) is 0 Å². The molecule has 1 aromatic heterocycles. The molecule has 1 fully saturated rings. The van der Waals surface area contributed by atoms with Gasteiger partial charge in [-0.15, -0.1) is 0 Å². The standard InChI is InChI=1S/C12H17N3O4S/c16-12(17)9-4-1-5-11-13-10(14-15(9)11)7-8-3-2-6-20(8,18)19/h8-9H,1-7H2,(H,16,17). The number of carboxylic acid groups (broad SMARTS) is 1. The number of aliphatic carboxylic acids is 1. The van der Waals surface area contributed by atoms with Gasteiger partial charge in [-0.1, -0.05) is 0 Å². The lowest BCUT2D eigenvalue weighted by Gasteiger charge is -2.19. The number of nitrogens with zero attached hydrogens (tertiary/aromatic N) is 3. The first-order chi connectivity index (χ1) is 9.47. The summed E-state index contributed by atoms with van der Waals surface area (Å²) in [6.07, 6.45) is 3.67. The quantitative estimate of drug-likeness (QED) is 0.864. The van der Waals surface area contributed by atoms with Gasteiger partial charge in [0.15, 0.2) is 21.7 Å². The zero-order chi connectivity index (χ0) is 14.3. The zero-order valence-corrected chi connectivity index (χ0v) is 11.8. The Morgan fingerprint density at radius 1 is 1.35 bits per heavy atom. The minimum absolute atomic E-state index is 0.239. The Kier molecular flexibility index (Phi) is 3.27. The number of hydrogen-bond donors (Lipinski definition) is 1. The summed E-state index contributed by atoms with van der Waals surface area (Å²) in [5.41, 5.74) is 0. The lowest BCUT2D eigenvalue weighted by atomic mass is 10.1. The van der Waals surface area contributed by atoms with E-state index in [-0.39, 0.29) is 5.75 Å². The summed E-state index contributed by atoms with van der Waals surface area (Å²) in [7, 11) is -3.02. The van der Waals surface area contributed by atoms with Crippen LogP contribution in [0.15, 0.2) is 0 Å². The third-order valence-corrected chi connectivity index (χ3v) is 6.35. The molecular formula is C12H17N3O4S. The van der Waals surface area contributed by atoms with Crippen LogP contribution < -0.4 is 0 Å². The van der Waals surface area contributed by atoms with Crippen molar-refractivity contribution in [2.45, 2.75) is 49.8 Å². The number of aromatic nitrogens is 3. The van der Waals surface area contributed by atoms with E-state index in [1.165, 1.54) is 4.68 Å². The van der Waals surface area contributed by atoms with Crippen molar-refractivity contribution in [1.82, 2.24) is 14.8 Å². The third-order valence-electron chi connectivity index (χ3n) is 4.08. The van der Waals surface area contributed by atoms with Crippen molar-refractivity contribution in [3.8, 4) is 0 Å². The van der Waals surface area contributed by atoms with Crippen molar-refractivity contribution in [3.05, 3.63) is 11.6 Å². The van der Waals surface area contributed by atoms with Gasteiger partial charge in [0.05, 0.1) is 11.0 Å². The third kappa shape index (κ3) is 2.32. The first-order valence-corrected chi connectivity index (χ1v) is 8.57. The van der Waals surface area contributed by atoms with Gasteiger partial charge in [-0.05, 0) is 25.7 Å². The Hall–Kier alpha value is -1.44. The molecule has 110 valence electrons. The minimum atomic E-state index is -3.02. The topological polar surface area (TPSA) is 102 Å². The normalized spacial score (nSPS) is 28.2. The number of hydrogen-bond acceptors (Lipinski definition) is 5. The predicted octanol–water partition coefficient (Wildman–Crippen LogP) is 0.360. The summed E-state index contributed by atoms with van der Waals surface area (Å²) in [5.74, 6) is 0.455. The Morgan fingerprint density at radius 3 is 2.80 bits per heavy atom. The van der Waals surface area contributed by atoms with Gasteiger partial charge in [-0.2, -0.15) is 5.10 Å². The van der Waals surface area contributed by atoms with Crippen molar-refractivity contribution in [2.24, 2.45) is 0 Å². The second kappa shape index (κ2) is 4.83. The van der Waals surface area contributed by atoms with E-state index < -0.39 is 27.1 Å². The Labute approximate surface area is 116 Å². The fraction of sp³-hybridized carbons (Fsp3) is 0.750. The summed E-state index contributed by atoms with van der Waals surface area (Å²) in [6, 6.07) is -0.666. The number of aryl methyl sites for hydroxylation is 1. The summed E-state index contributed by atoms with van der Waals surface area (Å²) >= 11 is 0. The van der Waals surface area contributed by atoms with Crippen LogP contribution in [-0.2, 0) is 27.5 Å². The Morgan fingerprint density at radius 2 is 2.15 bits per heavy atom. The Bertz CT molecular complexity index is 637. The number of rotatable bonds is 3. The average Bonchev–Trinajstić information content (AvgIpc) is 2.92. The SMILES string of the molecule is O=C(O)C1CCCc2nc(CC3CCCS3(=O)=O)nn21. The van der Waals surface area contributed by atoms with Gasteiger partial charge in [-0.3, -0.25) is 0 Å². The second-order valence-electron chi connectivity index (χ2n) is 5.47. The molecule has 3 rings (SSSR count). The maximum absolute atomic E-state index is 11.8. The van der Waals surface area contributed by atoms with E-state index in [2.05, 4.69) is 10.1 Å². The lowest BCUT2D eigenvalue weighted by Crippen LogP contribution is -2.26. The fourth-order valence-electron chi connectivity index (χ4n) is 3.01. The molecule has 7 nitrogen and oxygen atoms in total. The van der Waals surface area contributed by atoms with Crippen LogP contribution in [-0.4, -0.2) is 45.3 Å². The molecular weight excluding hydrogens is 282 g/mol. The van der Waals surface area contributed by atoms with Crippen molar-refractivity contribution in [2.75, 3.05) is 5.75 Å². The first-order valence-electron chi connectivity index (χ1n) is 6.86. The van der Waals surface area contributed by atoms with E-state index in [9.17, 15) is 18.3 Å². The highest BCUT2D eigenvalue weighted by Gasteiger charge is 2.34. The lowest BCUT2D eigenvalue weighted by molar-refractivity contribution is -0.141. The highest BCUT2D eigenvalue weighted by Crippen LogP contribution is 2.26. The molecule has 0 aliphatic carbocycles. The summed E-state index contributed by atoms with van der Waals surface area (Å²) in [6.45, 7) is 0. The molecule has 20 heavy (non-hydrogen) atoms. The molecule has 2 unspecified atom stereocenters. The van der Waals surface area contributed by atoms with Crippen LogP contribution in [0.1, 0.15) is 43.4 Å². The van der Waals surface area contributed by atoms with Gasteiger partial charge in [0.25, 0.3) is 0 Å². The summed E-state index contributed by atoms with van der Waals surface area (Å²) in [4.78, 5) is 15.5. The molecule has 0 bridgehead atoms. The van der Waals surface area contributed by atoms with E-state index in [0.717, 1.165) is 6.42 Å². The van der Waals surface area contributed by atoms with Gasteiger partial charge in [-0.25, -0.2) is 22.9 Å². The molecule has 8 heteroatoms. The fourth-order valence-corrected chi connectivity index (χ4v) is 4.84. The zero-order valence-electron chi connectivity index (χ0n) is 11.0. The molecule has 3 heterocycles. The maximum atomic E-state index is 11.8. The minimum Gasteiger partial charge on any atom is -0.480 e. The maximum Gasteiger partial charge on any atom is 0.328 e. The smallest absolute Gasteiger partial charge is 0.328 e. The van der Waals surface area contributed by atoms with Crippen LogP contribution in [0.5, 0.6) is 0 Å². The molecule has 0 amide bonds. The average molecular weight is 299 g/mol. The van der Waals surface area contributed by atoms with Gasteiger partial charge in [0.2, 0.25) is 0 Å². The summed E-state index contributed by atoms with van der Waals surface area (Å²) in [5, 5.41) is 13.0. The van der Waals surface area contributed by atoms with Gasteiger partial charge < -0.3 is 5.11 Å². The van der Waals surface area contributed by atoms with Crippen LogP contribution in [0.3, 0.4) is 0 Å². The van der Waals surface area contributed by atoms with Crippen LogP contribution in [0.2, 0.25) is 0 Å². The molecule has 1 N–H and O–H groups in total. The highest BCUT2D eigenvalue weighted by atomic mass is 32.2. The van der Waals surface area contributed by atoms with Crippen LogP contribution in [0.25, 0.3) is 0 Å².